The first-order chi connectivity index (χ1) is 8.90. The molecule has 19 heavy (non-hydrogen) atoms. The molecule has 0 saturated carbocycles. The van der Waals surface area contributed by atoms with Crippen molar-refractivity contribution < 1.29 is 29.6 Å². The van der Waals surface area contributed by atoms with E-state index in [0.717, 1.165) is 6.08 Å². The van der Waals surface area contributed by atoms with Crippen LogP contribution in [0.1, 0.15) is 33.1 Å². The number of carboxylic acid groups (broad SMARTS) is 1. The molecule has 1 saturated heterocycles. The molecule has 0 aromatic carbocycles. The molecule has 0 radical (unpaired) electrons. The second-order valence-electron chi connectivity index (χ2n) is 4.84. The monoisotopic (exact) mass is 274 g/mol. The molecule has 0 bridgehead atoms. The Hall–Kier alpha value is -0.950. The van der Waals surface area contributed by atoms with E-state index < -0.39 is 24.5 Å². The number of hydrogen-bond donors (Lipinski definition) is 3. The van der Waals surface area contributed by atoms with Crippen molar-refractivity contribution in [3.8, 4) is 0 Å². The van der Waals surface area contributed by atoms with Gasteiger partial charge in [-0.05, 0) is 26.7 Å². The lowest BCUT2D eigenvalue weighted by Gasteiger charge is -2.36. The minimum Gasteiger partial charge on any atom is -0.478 e. The Balaban J connectivity index is 2.31. The zero-order valence-electron chi connectivity index (χ0n) is 11.2. The maximum atomic E-state index is 10.3. The predicted octanol–water partition coefficient (Wildman–Crippen LogP) is 0.669. The Morgan fingerprint density at radius 1 is 1.47 bits per heavy atom. The number of aliphatic hydroxyl groups excluding tert-OH is 2. The number of ether oxygens (including phenoxy) is 2. The molecule has 0 aromatic heterocycles. The lowest BCUT2D eigenvalue weighted by Crippen LogP contribution is -2.48. The third kappa shape index (κ3) is 5.69. The lowest BCUT2D eigenvalue weighted by molar-refractivity contribution is -0.273. The van der Waals surface area contributed by atoms with E-state index in [-0.39, 0.29) is 18.6 Å². The van der Waals surface area contributed by atoms with Crippen molar-refractivity contribution in [3.05, 3.63) is 12.2 Å². The third-order valence-electron chi connectivity index (χ3n) is 3.05. The van der Waals surface area contributed by atoms with Gasteiger partial charge >= 0.3 is 5.97 Å². The van der Waals surface area contributed by atoms with Crippen molar-refractivity contribution in [2.45, 2.75) is 63.8 Å². The summed E-state index contributed by atoms with van der Waals surface area (Å²) in [5.74, 6) is -0.970. The summed E-state index contributed by atoms with van der Waals surface area (Å²) < 4.78 is 11.0. The van der Waals surface area contributed by atoms with Crippen LogP contribution in [0.15, 0.2) is 12.2 Å². The average Bonchev–Trinajstić information content (AvgIpc) is 2.31. The topological polar surface area (TPSA) is 96.2 Å². The van der Waals surface area contributed by atoms with Gasteiger partial charge in [0, 0.05) is 12.5 Å². The number of carboxylic acids is 1. The Labute approximate surface area is 112 Å². The van der Waals surface area contributed by atoms with Gasteiger partial charge in [0.25, 0.3) is 0 Å². The minimum atomic E-state index is -0.970. The Morgan fingerprint density at radius 2 is 2.16 bits per heavy atom. The van der Waals surface area contributed by atoms with Gasteiger partial charge in [-0.3, -0.25) is 0 Å². The first kappa shape index (κ1) is 16.1. The van der Waals surface area contributed by atoms with Gasteiger partial charge in [0.15, 0.2) is 6.29 Å². The Bertz CT molecular complexity index is 316. The molecule has 1 aliphatic rings. The molecule has 1 aliphatic heterocycles. The van der Waals surface area contributed by atoms with Crippen LogP contribution in [0.25, 0.3) is 0 Å². The van der Waals surface area contributed by atoms with Crippen molar-refractivity contribution in [1.82, 2.24) is 0 Å². The molecule has 0 aromatic rings. The largest absolute Gasteiger partial charge is 0.478 e. The zero-order valence-corrected chi connectivity index (χ0v) is 11.2. The Kier molecular flexibility index (Phi) is 6.44. The summed E-state index contributed by atoms with van der Waals surface area (Å²) in [5, 5.41) is 27.7. The van der Waals surface area contributed by atoms with Gasteiger partial charge in [-0.2, -0.15) is 0 Å². The second-order valence-corrected chi connectivity index (χ2v) is 4.84. The first-order valence-electron chi connectivity index (χ1n) is 6.46. The molecule has 5 atom stereocenters. The summed E-state index contributed by atoms with van der Waals surface area (Å²) in [7, 11) is 0. The quantitative estimate of drug-likeness (QED) is 0.616. The van der Waals surface area contributed by atoms with Gasteiger partial charge in [-0.1, -0.05) is 6.08 Å². The van der Waals surface area contributed by atoms with E-state index in [4.69, 9.17) is 14.6 Å². The molecule has 110 valence electrons. The van der Waals surface area contributed by atoms with Crippen LogP contribution < -0.4 is 0 Å². The fraction of sp³-hybridized carbons (Fsp3) is 0.769. The summed E-state index contributed by atoms with van der Waals surface area (Å²) in [4.78, 5) is 10.3. The van der Waals surface area contributed by atoms with Crippen LogP contribution in [0, 0.1) is 0 Å². The molecule has 1 fully saturated rings. The van der Waals surface area contributed by atoms with Crippen molar-refractivity contribution in [2.24, 2.45) is 0 Å². The van der Waals surface area contributed by atoms with Gasteiger partial charge < -0.3 is 24.8 Å². The summed E-state index contributed by atoms with van der Waals surface area (Å²) >= 11 is 0. The highest BCUT2D eigenvalue weighted by atomic mass is 16.7. The minimum absolute atomic E-state index is 0.166. The highest BCUT2D eigenvalue weighted by Crippen LogP contribution is 2.22. The number of aliphatic carboxylic acids is 1. The van der Waals surface area contributed by atoms with E-state index >= 15 is 0 Å². The van der Waals surface area contributed by atoms with Crippen molar-refractivity contribution in [2.75, 3.05) is 0 Å². The molecule has 6 nitrogen and oxygen atoms in total. The molecule has 0 aliphatic carbocycles. The van der Waals surface area contributed by atoms with E-state index in [0.29, 0.717) is 12.8 Å². The predicted molar refractivity (Wildman–Crippen MR) is 67.5 cm³/mol. The van der Waals surface area contributed by atoms with Crippen molar-refractivity contribution in [1.29, 1.82) is 0 Å². The van der Waals surface area contributed by atoms with E-state index in [9.17, 15) is 15.0 Å². The number of carbonyl (C=O) groups is 1. The molecule has 4 unspecified atom stereocenters. The second kappa shape index (κ2) is 7.59. The molecular formula is C13H22O6. The molecule has 0 amide bonds. The average molecular weight is 274 g/mol. The maximum Gasteiger partial charge on any atom is 0.327 e. The van der Waals surface area contributed by atoms with Crippen molar-refractivity contribution in [3.63, 3.8) is 0 Å². The van der Waals surface area contributed by atoms with E-state index in [1.807, 2.05) is 6.92 Å². The lowest BCUT2D eigenvalue weighted by atomic mass is 10.0. The first-order valence-corrected chi connectivity index (χ1v) is 6.46. The van der Waals surface area contributed by atoms with Crippen LogP contribution in [0.4, 0.5) is 0 Å². The van der Waals surface area contributed by atoms with Crippen molar-refractivity contribution >= 4 is 5.97 Å². The van der Waals surface area contributed by atoms with Crippen LogP contribution >= 0.6 is 0 Å². The number of allylic oxidation sites excluding steroid dienone is 1. The third-order valence-corrected chi connectivity index (χ3v) is 3.05. The fourth-order valence-electron chi connectivity index (χ4n) is 1.88. The summed E-state index contributed by atoms with van der Waals surface area (Å²) in [6, 6.07) is 0. The fourth-order valence-corrected chi connectivity index (χ4v) is 1.88. The van der Waals surface area contributed by atoms with Crippen LogP contribution in [0.5, 0.6) is 0 Å². The molecule has 3 N–H and O–H groups in total. The molecule has 1 rings (SSSR count). The summed E-state index contributed by atoms with van der Waals surface area (Å²) in [6.07, 6.45) is 1.31. The highest BCUT2D eigenvalue weighted by molar-refractivity contribution is 5.79. The van der Waals surface area contributed by atoms with Crippen LogP contribution in [-0.4, -0.2) is 52.0 Å². The van der Waals surface area contributed by atoms with Gasteiger partial charge in [-0.25, -0.2) is 4.79 Å². The van der Waals surface area contributed by atoms with E-state index in [2.05, 4.69) is 0 Å². The molecular weight excluding hydrogens is 252 g/mol. The van der Waals surface area contributed by atoms with E-state index in [1.165, 1.54) is 0 Å². The van der Waals surface area contributed by atoms with Crippen LogP contribution in [0.2, 0.25) is 0 Å². The van der Waals surface area contributed by atoms with E-state index in [1.54, 1.807) is 13.0 Å². The smallest absolute Gasteiger partial charge is 0.327 e. The Morgan fingerprint density at radius 3 is 2.79 bits per heavy atom. The zero-order chi connectivity index (χ0) is 14.4. The normalized spacial score (nSPS) is 33.5. The number of rotatable bonds is 6. The highest BCUT2D eigenvalue weighted by Gasteiger charge is 2.35. The SMILES string of the molecule is CC1OC(O[C@H](C)CC/C=C\C(=O)O)C(O)CC1O. The van der Waals surface area contributed by atoms with Gasteiger partial charge in [0.05, 0.1) is 18.3 Å². The number of aliphatic hydroxyl groups is 2. The molecule has 1 heterocycles. The van der Waals surface area contributed by atoms with Crippen LogP contribution in [0.3, 0.4) is 0 Å². The maximum absolute atomic E-state index is 10.3. The van der Waals surface area contributed by atoms with Crippen LogP contribution in [-0.2, 0) is 14.3 Å². The van der Waals surface area contributed by atoms with Gasteiger partial charge in [-0.15, -0.1) is 0 Å². The molecule has 0 spiro atoms. The van der Waals surface area contributed by atoms with Gasteiger partial charge in [0.1, 0.15) is 6.10 Å². The standard InChI is InChI=1S/C13H22O6/c1-8(5-3-4-6-12(16)17)18-13-11(15)7-10(14)9(2)19-13/h4,6,8-11,13-15H,3,5,7H2,1-2H3,(H,16,17)/b6-4-/t8-,9?,10?,11?,13?/m1/s1. The summed E-state index contributed by atoms with van der Waals surface area (Å²) in [6.45, 7) is 3.56. The van der Waals surface area contributed by atoms with Gasteiger partial charge in [0.2, 0.25) is 0 Å². The molecule has 6 heteroatoms. The summed E-state index contributed by atoms with van der Waals surface area (Å²) in [5.41, 5.74) is 0. The number of hydrogen-bond acceptors (Lipinski definition) is 5.